The Balaban J connectivity index is 2.04. The highest BCUT2D eigenvalue weighted by Crippen LogP contribution is 2.26. The fourth-order valence-electron chi connectivity index (χ4n) is 2.16. The normalized spacial score (nSPS) is 15.2. The third kappa shape index (κ3) is 3.79. The van der Waals surface area contributed by atoms with Crippen LogP contribution in [0.2, 0.25) is 0 Å². The number of aliphatic hydroxyl groups excluding tert-OH is 1. The summed E-state index contributed by atoms with van der Waals surface area (Å²) in [5, 5.41) is 17.8. The van der Waals surface area contributed by atoms with Gasteiger partial charge in [0, 0.05) is 19.1 Å². The Labute approximate surface area is 119 Å². The molecule has 0 saturated heterocycles. The molecule has 0 heterocycles. The lowest BCUT2D eigenvalue weighted by Crippen LogP contribution is -2.33. The number of aliphatic hydroxyl groups is 1. The molecule has 0 amide bonds. The van der Waals surface area contributed by atoms with Crippen LogP contribution in [0.1, 0.15) is 18.4 Å². The van der Waals surface area contributed by atoms with E-state index in [4.69, 9.17) is 10.4 Å². The zero-order chi connectivity index (χ0) is 14.6. The Morgan fingerprint density at radius 3 is 2.70 bits per heavy atom. The molecular weight excluding hydrogens is 276 g/mol. The molecule has 1 aliphatic rings. The molecule has 1 fully saturated rings. The molecule has 1 aliphatic carbocycles. The van der Waals surface area contributed by atoms with Crippen molar-refractivity contribution in [2.24, 2.45) is 0 Å². The van der Waals surface area contributed by atoms with Crippen molar-refractivity contribution in [2.75, 3.05) is 25.4 Å². The number of nitriles is 1. The molecule has 2 rings (SSSR count). The maximum atomic E-state index is 12.3. The van der Waals surface area contributed by atoms with E-state index in [1.165, 1.54) is 12.1 Å². The molecule has 0 aromatic heterocycles. The van der Waals surface area contributed by atoms with Crippen LogP contribution in [0.25, 0.3) is 0 Å². The summed E-state index contributed by atoms with van der Waals surface area (Å²) in [6, 6.07) is 8.45. The van der Waals surface area contributed by atoms with Crippen LogP contribution in [0.4, 0.5) is 0 Å². The molecule has 6 heteroatoms. The quantitative estimate of drug-likeness (QED) is 0.804. The molecule has 108 valence electrons. The Morgan fingerprint density at radius 2 is 2.10 bits per heavy atom. The van der Waals surface area contributed by atoms with E-state index >= 15 is 0 Å². The number of nitrogens with zero attached hydrogens (tertiary/aromatic N) is 2. The van der Waals surface area contributed by atoms with E-state index in [1.54, 1.807) is 12.1 Å². The summed E-state index contributed by atoms with van der Waals surface area (Å²) >= 11 is 0. The van der Waals surface area contributed by atoms with Gasteiger partial charge < -0.3 is 5.11 Å². The molecule has 1 saturated carbocycles. The van der Waals surface area contributed by atoms with Crippen molar-refractivity contribution in [3.63, 3.8) is 0 Å². The van der Waals surface area contributed by atoms with Crippen LogP contribution in [-0.2, 0) is 9.84 Å². The average molecular weight is 294 g/mol. The van der Waals surface area contributed by atoms with Crippen molar-refractivity contribution in [3.8, 4) is 6.07 Å². The van der Waals surface area contributed by atoms with E-state index in [0.29, 0.717) is 24.7 Å². The second-order valence-corrected chi connectivity index (χ2v) is 7.06. The predicted molar refractivity (Wildman–Crippen MR) is 74.9 cm³/mol. The van der Waals surface area contributed by atoms with E-state index < -0.39 is 9.84 Å². The van der Waals surface area contributed by atoms with Gasteiger partial charge in [-0.2, -0.15) is 5.26 Å². The first-order chi connectivity index (χ1) is 9.56. The first-order valence-electron chi connectivity index (χ1n) is 6.64. The molecule has 20 heavy (non-hydrogen) atoms. The predicted octanol–water partition coefficient (Wildman–Crippen LogP) is 0.789. The second-order valence-electron chi connectivity index (χ2n) is 4.95. The molecule has 0 spiro atoms. The number of benzene rings is 1. The van der Waals surface area contributed by atoms with Crippen LogP contribution in [0, 0.1) is 11.3 Å². The highest BCUT2D eigenvalue weighted by atomic mass is 32.2. The lowest BCUT2D eigenvalue weighted by atomic mass is 10.2. The van der Waals surface area contributed by atoms with Crippen LogP contribution in [0.3, 0.4) is 0 Å². The van der Waals surface area contributed by atoms with Gasteiger partial charge in [-0.05, 0) is 31.0 Å². The zero-order valence-electron chi connectivity index (χ0n) is 11.2. The van der Waals surface area contributed by atoms with Crippen molar-refractivity contribution < 1.29 is 13.5 Å². The summed E-state index contributed by atoms with van der Waals surface area (Å²) in [6.45, 7) is 0.975. The van der Waals surface area contributed by atoms with Gasteiger partial charge in [0.05, 0.1) is 28.9 Å². The third-order valence-electron chi connectivity index (χ3n) is 3.42. The summed E-state index contributed by atoms with van der Waals surface area (Å²) in [6.07, 6.45) is 2.15. The van der Waals surface area contributed by atoms with E-state index in [1.807, 2.05) is 11.0 Å². The van der Waals surface area contributed by atoms with E-state index in [9.17, 15) is 8.42 Å². The van der Waals surface area contributed by atoms with Crippen LogP contribution in [-0.4, -0.2) is 49.9 Å². The molecule has 0 bridgehead atoms. The van der Waals surface area contributed by atoms with Gasteiger partial charge in [0.1, 0.15) is 0 Å². The van der Waals surface area contributed by atoms with Gasteiger partial charge in [-0.1, -0.05) is 6.07 Å². The van der Waals surface area contributed by atoms with Gasteiger partial charge in [-0.15, -0.1) is 0 Å². The Hall–Kier alpha value is -1.42. The average Bonchev–Trinajstić information content (AvgIpc) is 3.28. The number of rotatable bonds is 7. The molecule has 0 unspecified atom stereocenters. The van der Waals surface area contributed by atoms with Gasteiger partial charge in [0.15, 0.2) is 9.84 Å². The van der Waals surface area contributed by atoms with E-state index in [-0.39, 0.29) is 17.3 Å². The minimum Gasteiger partial charge on any atom is -0.395 e. The van der Waals surface area contributed by atoms with Crippen LogP contribution < -0.4 is 0 Å². The molecule has 0 aliphatic heterocycles. The number of hydrogen-bond acceptors (Lipinski definition) is 5. The van der Waals surface area contributed by atoms with Crippen molar-refractivity contribution >= 4 is 9.84 Å². The van der Waals surface area contributed by atoms with Crippen molar-refractivity contribution in [1.29, 1.82) is 5.26 Å². The number of sulfone groups is 1. The molecular formula is C14H18N2O3S. The lowest BCUT2D eigenvalue weighted by molar-refractivity contribution is 0.196. The molecule has 1 aromatic rings. The molecule has 1 N–H and O–H groups in total. The summed E-state index contributed by atoms with van der Waals surface area (Å²) in [7, 11) is -3.39. The fraction of sp³-hybridized carbons (Fsp3) is 0.500. The van der Waals surface area contributed by atoms with Gasteiger partial charge in [0.25, 0.3) is 0 Å². The Kier molecular flexibility index (Phi) is 4.76. The summed E-state index contributed by atoms with van der Waals surface area (Å²) in [5.74, 6) is 0.0123. The lowest BCUT2D eigenvalue weighted by Gasteiger charge is -2.20. The monoisotopic (exact) mass is 294 g/mol. The van der Waals surface area contributed by atoms with Gasteiger partial charge in [0.2, 0.25) is 0 Å². The van der Waals surface area contributed by atoms with E-state index in [0.717, 1.165) is 12.8 Å². The first-order valence-corrected chi connectivity index (χ1v) is 8.30. The summed E-state index contributed by atoms with van der Waals surface area (Å²) < 4.78 is 24.5. The second kappa shape index (κ2) is 6.35. The molecule has 1 aromatic carbocycles. The minimum atomic E-state index is -3.39. The smallest absolute Gasteiger partial charge is 0.179 e. The minimum absolute atomic E-state index is 0.0123. The standard InChI is InChI=1S/C14H18N2O3S/c15-11-12-2-1-3-14(10-12)20(18,19)9-7-16(6-8-17)13-4-5-13/h1-3,10,13,17H,4-9H2. The van der Waals surface area contributed by atoms with Crippen molar-refractivity contribution in [3.05, 3.63) is 29.8 Å². The highest BCUT2D eigenvalue weighted by molar-refractivity contribution is 7.91. The summed E-state index contributed by atoms with van der Waals surface area (Å²) in [5.41, 5.74) is 0.348. The summed E-state index contributed by atoms with van der Waals surface area (Å²) in [4.78, 5) is 2.21. The highest BCUT2D eigenvalue weighted by Gasteiger charge is 2.29. The Bertz CT molecular complexity index is 603. The van der Waals surface area contributed by atoms with Crippen LogP contribution >= 0.6 is 0 Å². The number of hydrogen-bond donors (Lipinski definition) is 1. The maximum Gasteiger partial charge on any atom is 0.179 e. The van der Waals surface area contributed by atoms with Gasteiger partial charge in [-0.25, -0.2) is 8.42 Å². The van der Waals surface area contributed by atoms with Crippen molar-refractivity contribution in [2.45, 2.75) is 23.8 Å². The van der Waals surface area contributed by atoms with Gasteiger partial charge >= 0.3 is 0 Å². The van der Waals surface area contributed by atoms with Crippen LogP contribution in [0.5, 0.6) is 0 Å². The van der Waals surface area contributed by atoms with Gasteiger partial charge in [-0.3, -0.25) is 4.90 Å². The zero-order valence-corrected chi connectivity index (χ0v) is 12.0. The molecule has 5 nitrogen and oxygen atoms in total. The third-order valence-corrected chi connectivity index (χ3v) is 5.11. The SMILES string of the molecule is N#Cc1cccc(S(=O)(=O)CCN(CCO)C2CC2)c1. The topological polar surface area (TPSA) is 81.4 Å². The van der Waals surface area contributed by atoms with E-state index in [2.05, 4.69) is 0 Å². The van der Waals surface area contributed by atoms with Crippen molar-refractivity contribution in [1.82, 2.24) is 4.90 Å². The fourth-order valence-corrected chi connectivity index (χ4v) is 3.46. The Morgan fingerprint density at radius 1 is 1.35 bits per heavy atom. The maximum absolute atomic E-state index is 12.3. The molecule has 0 radical (unpaired) electrons. The molecule has 0 atom stereocenters. The first kappa shape index (κ1) is 15.0. The largest absolute Gasteiger partial charge is 0.395 e. The van der Waals surface area contributed by atoms with Crippen LogP contribution in [0.15, 0.2) is 29.2 Å².